The number of piperidine rings is 1. The minimum absolute atomic E-state index is 0.255. The average Bonchev–Trinajstić information content (AvgIpc) is 2.96. The summed E-state index contributed by atoms with van der Waals surface area (Å²) >= 11 is 0. The van der Waals surface area contributed by atoms with Crippen LogP contribution in [-0.4, -0.2) is 90.4 Å². The van der Waals surface area contributed by atoms with Crippen molar-refractivity contribution in [3.63, 3.8) is 0 Å². The maximum absolute atomic E-state index is 14.1. The largest absolute Gasteiger partial charge is 0.484 e. The van der Waals surface area contributed by atoms with E-state index in [2.05, 4.69) is 54.1 Å². The maximum Gasteiger partial charge on any atom is 0.296 e. The van der Waals surface area contributed by atoms with Crippen molar-refractivity contribution in [1.82, 2.24) is 25.2 Å². The van der Waals surface area contributed by atoms with Crippen molar-refractivity contribution in [2.24, 2.45) is 0 Å². The summed E-state index contributed by atoms with van der Waals surface area (Å²) in [6.07, 6.45) is 0.567. The van der Waals surface area contributed by atoms with Gasteiger partial charge in [0.15, 0.2) is 11.9 Å². The van der Waals surface area contributed by atoms with Gasteiger partial charge >= 0.3 is 0 Å². The van der Waals surface area contributed by atoms with E-state index in [-0.39, 0.29) is 13.0 Å². The third-order valence-corrected chi connectivity index (χ3v) is 7.32. The second-order valence-electron chi connectivity index (χ2n) is 9.88. The SMILES string of the molecule is C#N.FC1(F)CNCC[C@@H]1Oc1ccc(-c2ncnc(Nc3ccc(N4CCN(C5COC5)CC4)cc3)n2)cc1. The molecule has 12 heteroatoms. The number of anilines is 3. The van der Waals surface area contributed by atoms with Gasteiger partial charge in [-0.15, -0.1) is 0 Å². The normalized spacial score (nSPS) is 21.0. The molecule has 3 saturated heterocycles. The molecule has 6 rings (SSSR count). The molecule has 4 heterocycles. The number of piperazine rings is 1. The molecule has 1 aromatic heterocycles. The van der Waals surface area contributed by atoms with Crippen molar-refractivity contribution in [1.29, 1.82) is 5.26 Å². The fourth-order valence-electron chi connectivity index (χ4n) is 4.96. The Balaban J connectivity index is 0.00000158. The van der Waals surface area contributed by atoms with Crippen molar-refractivity contribution < 1.29 is 18.3 Å². The Labute approximate surface area is 232 Å². The molecule has 3 aromatic rings. The summed E-state index contributed by atoms with van der Waals surface area (Å²) in [7, 11) is 0. The molecule has 3 aliphatic heterocycles. The Hall–Kier alpha value is -3.92. The number of nitriles is 1. The number of ether oxygens (including phenoxy) is 2. The fraction of sp³-hybridized carbons (Fsp3) is 0.429. The summed E-state index contributed by atoms with van der Waals surface area (Å²) in [5.74, 6) is -1.60. The molecule has 0 radical (unpaired) electrons. The summed E-state index contributed by atoms with van der Waals surface area (Å²) in [6, 6.07) is 15.7. The summed E-state index contributed by atoms with van der Waals surface area (Å²) in [5, 5.41) is 12.4. The van der Waals surface area contributed by atoms with E-state index < -0.39 is 12.0 Å². The van der Waals surface area contributed by atoms with Crippen LogP contribution in [0.15, 0.2) is 54.9 Å². The van der Waals surface area contributed by atoms with Gasteiger partial charge in [0.25, 0.3) is 5.92 Å². The number of alkyl halides is 2. The van der Waals surface area contributed by atoms with Crippen molar-refractivity contribution in [3.8, 4) is 23.7 Å². The monoisotopic (exact) mass is 550 g/mol. The van der Waals surface area contributed by atoms with Gasteiger partial charge in [-0.2, -0.15) is 4.98 Å². The van der Waals surface area contributed by atoms with Crippen LogP contribution in [0.3, 0.4) is 0 Å². The van der Waals surface area contributed by atoms with Gasteiger partial charge in [-0.3, -0.25) is 4.90 Å². The lowest BCUT2D eigenvalue weighted by atomic mass is 10.1. The number of nitrogens with zero attached hydrogens (tertiary/aromatic N) is 6. The second-order valence-corrected chi connectivity index (χ2v) is 9.88. The zero-order valence-electron chi connectivity index (χ0n) is 22.0. The van der Waals surface area contributed by atoms with Crippen molar-refractivity contribution >= 4 is 17.3 Å². The highest BCUT2D eigenvalue weighted by Crippen LogP contribution is 2.29. The Morgan fingerprint density at radius 1 is 1.00 bits per heavy atom. The van der Waals surface area contributed by atoms with Crippen LogP contribution >= 0.6 is 0 Å². The zero-order chi connectivity index (χ0) is 28.0. The van der Waals surface area contributed by atoms with Crippen molar-refractivity contribution in [2.75, 3.05) is 62.7 Å². The summed E-state index contributed by atoms with van der Waals surface area (Å²) in [6.45, 7) is 9.48. The van der Waals surface area contributed by atoms with Gasteiger partial charge in [0.05, 0.1) is 25.8 Å². The molecule has 3 aliphatic rings. The lowest BCUT2D eigenvalue weighted by molar-refractivity contribution is -0.108. The first kappa shape index (κ1) is 27.6. The van der Waals surface area contributed by atoms with Crippen LogP contribution in [-0.2, 0) is 4.74 Å². The van der Waals surface area contributed by atoms with Gasteiger partial charge in [-0.05, 0) is 55.1 Å². The lowest BCUT2D eigenvalue weighted by Gasteiger charge is -2.43. The maximum atomic E-state index is 14.1. The van der Waals surface area contributed by atoms with E-state index in [9.17, 15) is 8.78 Å². The van der Waals surface area contributed by atoms with Gasteiger partial charge in [-0.1, -0.05) is 0 Å². The molecule has 210 valence electrons. The highest BCUT2D eigenvalue weighted by molar-refractivity contribution is 5.62. The van der Waals surface area contributed by atoms with Gasteiger partial charge in [-0.25, -0.2) is 24.0 Å². The quantitative estimate of drug-likeness (QED) is 0.455. The predicted octanol–water partition coefficient (Wildman–Crippen LogP) is 3.32. The molecule has 1 atom stereocenters. The number of halogens is 2. The molecule has 0 unspecified atom stereocenters. The Morgan fingerprint density at radius 3 is 2.38 bits per heavy atom. The van der Waals surface area contributed by atoms with Crippen LogP contribution in [0.4, 0.5) is 26.1 Å². The van der Waals surface area contributed by atoms with Crippen LogP contribution in [0, 0.1) is 11.8 Å². The Morgan fingerprint density at radius 2 is 1.73 bits per heavy atom. The number of benzene rings is 2. The van der Waals surface area contributed by atoms with Crippen LogP contribution in [0.5, 0.6) is 5.75 Å². The fourth-order valence-corrected chi connectivity index (χ4v) is 4.96. The van der Waals surface area contributed by atoms with Gasteiger partial charge < -0.3 is 25.0 Å². The molecule has 2 N–H and O–H groups in total. The number of rotatable bonds is 7. The van der Waals surface area contributed by atoms with Gasteiger partial charge in [0.2, 0.25) is 5.95 Å². The number of nitrogens with one attached hydrogen (secondary N) is 2. The van der Waals surface area contributed by atoms with Gasteiger partial charge in [0.1, 0.15) is 12.1 Å². The molecule has 0 aliphatic carbocycles. The molecular formula is C28H32F2N8O2. The predicted molar refractivity (Wildman–Crippen MR) is 147 cm³/mol. The standard InChI is InChI=1S/C27H31F2N7O2.CHN/c28-27(29)17-30-10-9-24(27)38-23-7-1-19(2-8-23)25-31-18-32-26(34-25)33-20-3-5-21(6-4-20)35-11-13-36(14-12-35)22-15-37-16-22;1-2/h1-8,18,22,24,30H,9-17H2,(H,31,32,33,34);1H/t24-;/m0./s1. The van der Waals surface area contributed by atoms with E-state index in [1.165, 1.54) is 12.0 Å². The number of aromatic nitrogens is 3. The first-order valence-electron chi connectivity index (χ1n) is 13.3. The van der Waals surface area contributed by atoms with Crippen LogP contribution < -0.4 is 20.3 Å². The molecule has 3 fully saturated rings. The van der Waals surface area contributed by atoms with Crippen LogP contribution in [0.2, 0.25) is 0 Å². The molecule has 40 heavy (non-hydrogen) atoms. The summed E-state index contributed by atoms with van der Waals surface area (Å²) in [5.41, 5.74) is 2.81. The smallest absolute Gasteiger partial charge is 0.296 e. The highest BCUT2D eigenvalue weighted by atomic mass is 19.3. The molecule has 0 saturated carbocycles. The summed E-state index contributed by atoms with van der Waals surface area (Å²) in [4.78, 5) is 18.0. The molecule has 0 spiro atoms. The van der Waals surface area contributed by atoms with E-state index in [4.69, 9.17) is 14.7 Å². The summed E-state index contributed by atoms with van der Waals surface area (Å²) < 4.78 is 39.0. The van der Waals surface area contributed by atoms with E-state index in [1.54, 1.807) is 24.3 Å². The second kappa shape index (κ2) is 12.5. The molecular weight excluding hydrogens is 518 g/mol. The van der Waals surface area contributed by atoms with E-state index >= 15 is 0 Å². The lowest BCUT2D eigenvalue weighted by Crippen LogP contribution is -2.56. The van der Waals surface area contributed by atoms with E-state index in [1.807, 2.05) is 12.1 Å². The first-order chi connectivity index (χ1) is 19.5. The van der Waals surface area contributed by atoms with E-state index in [0.29, 0.717) is 30.1 Å². The topological polar surface area (TPSA) is 111 Å². The number of hydrogen-bond donors (Lipinski definition) is 2. The van der Waals surface area contributed by atoms with Crippen LogP contribution in [0.25, 0.3) is 11.4 Å². The number of hydrogen-bond acceptors (Lipinski definition) is 10. The van der Waals surface area contributed by atoms with E-state index in [0.717, 1.165) is 50.6 Å². The van der Waals surface area contributed by atoms with Gasteiger partial charge in [0, 0.05) is 56.1 Å². The molecule has 0 amide bonds. The van der Waals surface area contributed by atoms with Crippen molar-refractivity contribution in [3.05, 3.63) is 54.9 Å². The minimum atomic E-state index is -2.90. The van der Waals surface area contributed by atoms with Crippen LogP contribution in [0.1, 0.15) is 6.42 Å². The first-order valence-corrected chi connectivity index (χ1v) is 13.3. The molecule has 2 aromatic carbocycles. The van der Waals surface area contributed by atoms with Crippen molar-refractivity contribution in [2.45, 2.75) is 24.5 Å². The minimum Gasteiger partial charge on any atom is -0.484 e. The average molecular weight is 551 g/mol. The molecule has 0 bridgehead atoms. The Bertz CT molecular complexity index is 1260. The zero-order valence-corrected chi connectivity index (χ0v) is 22.0. The third-order valence-electron chi connectivity index (χ3n) is 7.32. The Kier molecular flexibility index (Phi) is 8.64. The molecule has 10 nitrogen and oxygen atoms in total. The highest BCUT2D eigenvalue weighted by Gasteiger charge is 2.43. The third kappa shape index (κ3) is 6.44.